The van der Waals surface area contributed by atoms with Gasteiger partial charge in [0.2, 0.25) is 0 Å². The third-order valence-corrected chi connectivity index (χ3v) is 23.3. The Bertz CT molecular complexity index is 2750. The summed E-state index contributed by atoms with van der Waals surface area (Å²) in [6.45, 7) is 2.61. The molecule has 10 aromatic carbocycles. The van der Waals surface area contributed by atoms with Crippen molar-refractivity contribution in [2.45, 2.75) is 32.6 Å². The van der Waals surface area contributed by atoms with Gasteiger partial charge in [0.05, 0.1) is 0 Å². The second-order valence-electron chi connectivity index (χ2n) is 20.2. The molecule has 0 bridgehead atoms. The Morgan fingerprint density at radius 3 is 0.577 bits per heavy atom. The molecule has 0 spiro atoms. The standard InChI is InChI=1S/C41H39P3.C24H20B.C8H12.Rh/c1-41(32-42(35-20-8-2-9-21-35)36-22-10-3-11-23-36,33-43(37-24-12-4-13-25-37)38-26-14-5-15-27-38)34-44(39-28-16-6-17-29-39)40-30-18-7-19-31-40;1-5-13-21(14-6-1)25(22-15-7-2-8-16-22,23-17-9-3-10-18-23)24-19-11-4-12-20-24;1-2-4-6-8-7-5-3-1;/h2-31H,32-34H2,1H3;1-20H;1-2,7-8H,3-6H2;/q;-1;;/b;;2-1-,8-7-;. The van der Waals surface area contributed by atoms with Crippen LogP contribution in [0.1, 0.15) is 32.6 Å². The van der Waals surface area contributed by atoms with Gasteiger partial charge in [-0.3, -0.25) is 0 Å². The molecule has 1 radical (unpaired) electrons. The molecule has 10 aromatic rings. The normalized spacial score (nSPS) is 13.1. The molecule has 0 amide bonds. The second kappa shape index (κ2) is 30.7. The zero-order valence-electron chi connectivity index (χ0n) is 44.9. The van der Waals surface area contributed by atoms with Crippen molar-refractivity contribution < 1.29 is 19.5 Å². The van der Waals surface area contributed by atoms with Crippen LogP contribution >= 0.6 is 23.8 Å². The molecule has 0 fully saturated rings. The van der Waals surface area contributed by atoms with Crippen molar-refractivity contribution in [2.75, 3.05) is 18.5 Å². The van der Waals surface area contributed by atoms with E-state index in [0.29, 0.717) is 0 Å². The van der Waals surface area contributed by atoms with Gasteiger partial charge in [0.25, 0.3) is 0 Å². The van der Waals surface area contributed by atoms with Gasteiger partial charge in [-0.2, -0.15) is 21.9 Å². The summed E-state index contributed by atoms with van der Waals surface area (Å²) >= 11 is 0. The maximum atomic E-state index is 2.61. The van der Waals surface area contributed by atoms with Crippen LogP contribution in [-0.2, 0) is 19.5 Å². The summed E-state index contributed by atoms with van der Waals surface area (Å²) in [7, 11) is -1.66. The predicted octanol–water partition coefficient (Wildman–Crippen LogP) is 14.1. The van der Waals surface area contributed by atoms with Gasteiger partial charge >= 0.3 is 0 Å². The van der Waals surface area contributed by atoms with E-state index in [2.05, 4.69) is 335 Å². The maximum absolute atomic E-state index is 2.61. The molecule has 0 heterocycles. The van der Waals surface area contributed by atoms with Crippen LogP contribution < -0.4 is 53.7 Å². The van der Waals surface area contributed by atoms with Crippen LogP contribution in [0.2, 0.25) is 0 Å². The minimum Gasteiger partial charge on any atom is -0.195 e. The fraction of sp³-hybridized carbons (Fsp3) is 0.123. The first kappa shape index (κ1) is 57.8. The number of rotatable bonds is 16. The largest absolute Gasteiger partial charge is 0.195 e. The molecule has 391 valence electrons. The Kier molecular flexibility index (Phi) is 22.8. The van der Waals surface area contributed by atoms with E-state index in [0.717, 1.165) is 18.5 Å². The third kappa shape index (κ3) is 15.7. The molecular weight excluding hydrogens is 1080 g/mol. The van der Waals surface area contributed by atoms with E-state index in [-0.39, 0.29) is 24.9 Å². The van der Waals surface area contributed by atoms with Gasteiger partial charge < -0.3 is 0 Å². The predicted molar refractivity (Wildman–Crippen MR) is 347 cm³/mol. The summed E-state index contributed by atoms with van der Waals surface area (Å²) in [6, 6.07) is 111. The van der Waals surface area contributed by atoms with E-state index < -0.39 is 29.9 Å². The van der Waals surface area contributed by atoms with Gasteiger partial charge in [0.15, 0.2) is 0 Å². The van der Waals surface area contributed by atoms with Crippen molar-refractivity contribution in [3.63, 3.8) is 0 Å². The summed E-state index contributed by atoms with van der Waals surface area (Å²) < 4.78 is 0. The molecule has 0 unspecified atom stereocenters. The van der Waals surface area contributed by atoms with Gasteiger partial charge in [-0.15, -0.1) is 0 Å². The first-order chi connectivity index (χ1) is 38.1. The molecule has 78 heavy (non-hydrogen) atoms. The van der Waals surface area contributed by atoms with Crippen molar-refractivity contribution in [1.82, 2.24) is 0 Å². The number of allylic oxidation sites excluding steroid dienone is 4. The fourth-order valence-corrected chi connectivity index (χ4v) is 19.6. The average Bonchev–Trinajstić information content (AvgIpc) is 3.64. The van der Waals surface area contributed by atoms with Crippen LogP contribution in [0.25, 0.3) is 0 Å². The van der Waals surface area contributed by atoms with Crippen molar-refractivity contribution in [3.8, 4) is 0 Å². The SMILES string of the molecule is C1=C\CC/C=C\CC/1.CC(CP(c1ccccc1)c1ccccc1)(CP(c1ccccc1)c1ccccc1)CP(c1ccccc1)c1ccccc1.[Rh].c1ccc([B-](c2ccccc2)(c2ccccc2)c2ccccc2)cc1. The molecule has 1 aliphatic rings. The van der Waals surface area contributed by atoms with E-state index in [1.807, 2.05) is 0 Å². The Morgan fingerprint density at radius 1 is 0.256 bits per heavy atom. The van der Waals surface area contributed by atoms with Crippen molar-refractivity contribution in [1.29, 1.82) is 0 Å². The van der Waals surface area contributed by atoms with Crippen LogP contribution in [0.15, 0.2) is 328 Å². The number of hydrogen-bond donors (Lipinski definition) is 0. The van der Waals surface area contributed by atoms with Gasteiger partial charge in [-0.1, -0.05) is 335 Å². The Hall–Kier alpha value is -6.34. The molecule has 0 aromatic heterocycles. The van der Waals surface area contributed by atoms with Crippen LogP contribution in [0, 0.1) is 5.41 Å². The summed E-state index contributed by atoms with van der Waals surface area (Å²) in [6.07, 6.45) is 16.2. The first-order valence-corrected chi connectivity index (χ1v) is 32.0. The van der Waals surface area contributed by atoms with Gasteiger partial charge in [-0.05, 0) is 105 Å². The minimum absolute atomic E-state index is 0. The van der Waals surface area contributed by atoms with E-state index in [1.54, 1.807) is 0 Å². The summed E-state index contributed by atoms with van der Waals surface area (Å²) in [4.78, 5) is 0. The van der Waals surface area contributed by atoms with Crippen molar-refractivity contribution >= 4 is 83.6 Å². The van der Waals surface area contributed by atoms with E-state index in [4.69, 9.17) is 0 Å². The average molecular weight is 1160 g/mol. The first-order valence-electron chi connectivity index (χ1n) is 27.4. The second-order valence-corrected chi connectivity index (χ2v) is 26.8. The summed E-state index contributed by atoms with van der Waals surface area (Å²) in [5.74, 6) is 0. The van der Waals surface area contributed by atoms with Crippen LogP contribution in [0.3, 0.4) is 0 Å². The van der Waals surface area contributed by atoms with Crippen LogP contribution in [0.4, 0.5) is 0 Å². The third-order valence-electron chi connectivity index (χ3n) is 14.6. The molecule has 0 saturated heterocycles. The molecule has 5 heteroatoms. The number of benzene rings is 10. The number of hydrogen-bond acceptors (Lipinski definition) is 0. The van der Waals surface area contributed by atoms with Crippen LogP contribution in [0.5, 0.6) is 0 Å². The van der Waals surface area contributed by atoms with E-state index in [9.17, 15) is 0 Å². The molecule has 0 atom stereocenters. The fourth-order valence-electron chi connectivity index (χ4n) is 10.9. The Morgan fingerprint density at radius 2 is 0.410 bits per heavy atom. The quantitative estimate of drug-likeness (QED) is 0.0514. The van der Waals surface area contributed by atoms with Gasteiger partial charge in [-0.25, -0.2) is 0 Å². The minimum atomic E-state index is -1.22. The van der Waals surface area contributed by atoms with E-state index >= 15 is 0 Å². The van der Waals surface area contributed by atoms with Crippen LogP contribution in [-0.4, -0.2) is 24.6 Å². The maximum Gasteiger partial charge on any atom is 0.108 e. The molecule has 11 rings (SSSR count). The Balaban J connectivity index is 0.000000197. The topological polar surface area (TPSA) is 0 Å². The monoisotopic (exact) mass is 1150 g/mol. The summed E-state index contributed by atoms with van der Waals surface area (Å²) in [5, 5.41) is 8.79. The molecule has 0 saturated carbocycles. The van der Waals surface area contributed by atoms with Gasteiger partial charge in [0, 0.05) is 19.5 Å². The van der Waals surface area contributed by atoms with Crippen molar-refractivity contribution in [3.05, 3.63) is 328 Å². The molecule has 0 N–H and O–H groups in total. The van der Waals surface area contributed by atoms with E-state index in [1.165, 1.54) is 79.4 Å². The molecule has 0 aliphatic heterocycles. The Labute approximate surface area is 483 Å². The molecule has 1 aliphatic carbocycles. The smallest absolute Gasteiger partial charge is 0.108 e. The molecule has 0 nitrogen and oxygen atoms in total. The molecular formula is C73H71BP3Rh-. The zero-order valence-corrected chi connectivity index (χ0v) is 49.2. The zero-order chi connectivity index (χ0) is 52.6. The summed E-state index contributed by atoms with van der Waals surface area (Å²) in [5.41, 5.74) is 5.43. The van der Waals surface area contributed by atoms with Gasteiger partial charge in [0.1, 0.15) is 6.15 Å². The van der Waals surface area contributed by atoms with Crippen molar-refractivity contribution in [2.24, 2.45) is 5.41 Å².